The quantitative estimate of drug-likeness (QED) is 0.274. The molecule has 0 aliphatic rings. The molecule has 0 unspecified atom stereocenters. The van der Waals surface area contributed by atoms with E-state index in [2.05, 4.69) is 20.3 Å². The van der Waals surface area contributed by atoms with Crippen LogP contribution < -0.4 is 15.8 Å². The van der Waals surface area contributed by atoms with Crippen LogP contribution in [0.15, 0.2) is 35.3 Å². The molecule has 12 heteroatoms. The number of aromatic amines is 1. The fraction of sp³-hybridized carbons (Fsp3) is 0.375. The van der Waals surface area contributed by atoms with Gasteiger partial charge in [0.2, 0.25) is 5.95 Å². The summed E-state index contributed by atoms with van der Waals surface area (Å²) in [6, 6.07) is 5.70. The number of H-pyrrole nitrogens is 1. The van der Waals surface area contributed by atoms with E-state index in [0.717, 1.165) is 0 Å². The van der Waals surface area contributed by atoms with Gasteiger partial charge in [0.15, 0.2) is 0 Å². The number of nitrogens with zero attached hydrogens (tertiary/aromatic N) is 3. The molecule has 11 nitrogen and oxygen atoms in total. The topological polar surface area (TPSA) is 136 Å². The summed E-state index contributed by atoms with van der Waals surface area (Å²) < 4.78 is 15.6. The van der Waals surface area contributed by atoms with Crippen LogP contribution in [-0.2, 0) is 14.2 Å². The van der Waals surface area contributed by atoms with E-state index >= 15 is 0 Å². The highest BCUT2D eigenvalue weighted by Gasteiger charge is 2.19. The van der Waals surface area contributed by atoms with E-state index in [1.807, 2.05) is 18.7 Å². The van der Waals surface area contributed by atoms with Gasteiger partial charge in [-0.2, -0.15) is 4.98 Å². The number of hydrogen-bond acceptors (Lipinski definition) is 9. The van der Waals surface area contributed by atoms with Gasteiger partial charge in [-0.1, -0.05) is 11.6 Å². The number of aromatic nitrogens is 3. The van der Waals surface area contributed by atoms with Crippen LogP contribution in [0.3, 0.4) is 0 Å². The highest BCUT2D eigenvalue weighted by molar-refractivity contribution is 6.31. The minimum absolute atomic E-state index is 0.0969. The second-order valence-corrected chi connectivity index (χ2v) is 7.94. The fourth-order valence-corrected chi connectivity index (χ4v) is 3.52. The highest BCUT2D eigenvalue weighted by atomic mass is 35.5. The van der Waals surface area contributed by atoms with E-state index in [4.69, 9.17) is 25.8 Å². The molecule has 2 N–H and O–H groups in total. The van der Waals surface area contributed by atoms with Crippen LogP contribution in [-0.4, -0.2) is 73.5 Å². The van der Waals surface area contributed by atoms with Crippen molar-refractivity contribution in [1.82, 2.24) is 15.0 Å². The van der Waals surface area contributed by atoms with Crippen molar-refractivity contribution in [2.24, 2.45) is 0 Å². The maximum Gasteiger partial charge on any atom is 0.339 e. The molecular formula is C24H28ClN5O6. The summed E-state index contributed by atoms with van der Waals surface area (Å²) in [5, 5.41) is 3.31. The number of hydrogen-bond donors (Lipinski definition) is 2. The minimum atomic E-state index is -0.732. The number of benzene rings is 1. The first kappa shape index (κ1) is 27.1. The second kappa shape index (κ2) is 13.0. The number of amides is 1. The first-order valence-corrected chi connectivity index (χ1v) is 11.7. The van der Waals surface area contributed by atoms with Crippen LogP contribution in [0.1, 0.15) is 34.6 Å². The molecule has 0 aliphatic heterocycles. The lowest BCUT2D eigenvalue weighted by atomic mass is 10.1. The summed E-state index contributed by atoms with van der Waals surface area (Å²) in [6.45, 7) is 7.06. The first-order valence-electron chi connectivity index (χ1n) is 11.4. The monoisotopic (exact) mass is 517 g/mol. The molecule has 1 aromatic carbocycles. The standard InChI is InChI=1S/C24H28ClN5O6/c1-4-35-10-8-30(9-11-36-5-2)24-26-14-15-12-18(22(32)28-20(15)29-24)21(31)27-19-13-16(25)6-7-17(19)23(33)34-3/h6-7,12-14H,4-5,8-11H2,1-3H3,(H,27,31)(H,26,28,29,32). The molecule has 1 amide bonds. The lowest BCUT2D eigenvalue weighted by Crippen LogP contribution is -2.32. The average molecular weight is 518 g/mol. The van der Waals surface area contributed by atoms with E-state index < -0.39 is 17.4 Å². The zero-order valence-corrected chi connectivity index (χ0v) is 21.1. The van der Waals surface area contributed by atoms with Crippen molar-refractivity contribution in [3.05, 3.63) is 57.0 Å². The summed E-state index contributed by atoms with van der Waals surface area (Å²) in [5.41, 5.74) is -0.345. The molecule has 3 aromatic rings. The van der Waals surface area contributed by atoms with Gasteiger partial charge in [-0.15, -0.1) is 0 Å². The Balaban J connectivity index is 1.88. The summed E-state index contributed by atoms with van der Waals surface area (Å²) in [6.07, 6.45) is 1.53. The summed E-state index contributed by atoms with van der Waals surface area (Å²) >= 11 is 6.02. The summed E-state index contributed by atoms with van der Waals surface area (Å²) in [7, 11) is 1.22. The number of esters is 1. The molecule has 0 bridgehead atoms. The van der Waals surface area contributed by atoms with Gasteiger partial charge < -0.3 is 29.4 Å². The van der Waals surface area contributed by atoms with Gasteiger partial charge >= 0.3 is 5.97 Å². The van der Waals surface area contributed by atoms with E-state index in [9.17, 15) is 14.4 Å². The molecule has 2 heterocycles. The third-order valence-corrected chi connectivity index (χ3v) is 5.40. The SMILES string of the molecule is CCOCCN(CCOCC)c1ncc2cc(C(=O)Nc3cc(Cl)ccc3C(=O)OC)c(=O)[nH]c2n1. The van der Waals surface area contributed by atoms with Crippen LogP contribution in [0.4, 0.5) is 11.6 Å². The molecule has 2 aromatic heterocycles. The van der Waals surface area contributed by atoms with Crippen LogP contribution in [0.25, 0.3) is 11.0 Å². The second-order valence-electron chi connectivity index (χ2n) is 7.50. The molecule has 0 atom stereocenters. The smallest absolute Gasteiger partial charge is 0.339 e. The number of pyridine rings is 1. The number of anilines is 2. The Morgan fingerprint density at radius 1 is 1.08 bits per heavy atom. The molecule has 0 saturated heterocycles. The van der Waals surface area contributed by atoms with Crippen molar-refractivity contribution < 1.29 is 23.8 Å². The Morgan fingerprint density at radius 3 is 2.42 bits per heavy atom. The van der Waals surface area contributed by atoms with Gasteiger partial charge in [0, 0.05) is 42.9 Å². The Kier molecular flexibility index (Phi) is 9.74. The number of carbonyl (C=O) groups is 2. The fourth-order valence-electron chi connectivity index (χ4n) is 3.35. The number of carbonyl (C=O) groups excluding carboxylic acids is 2. The maximum atomic E-state index is 12.9. The van der Waals surface area contributed by atoms with Gasteiger partial charge in [-0.05, 0) is 38.1 Å². The molecule has 0 fully saturated rings. The third-order valence-electron chi connectivity index (χ3n) is 5.16. The predicted octanol–water partition coefficient (Wildman–Crippen LogP) is 2.89. The Bertz CT molecular complexity index is 1270. The number of nitrogens with one attached hydrogen (secondary N) is 2. The summed E-state index contributed by atoms with van der Waals surface area (Å²) in [5.74, 6) is -0.991. The normalized spacial score (nSPS) is 10.9. The lowest BCUT2D eigenvalue weighted by molar-refractivity contribution is 0.0602. The molecule has 0 radical (unpaired) electrons. The third kappa shape index (κ3) is 6.78. The molecule has 192 valence electrons. The predicted molar refractivity (Wildman–Crippen MR) is 136 cm³/mol. The number of fused-ring (bicyclic) bond motifs is 1. The van der Waals surface area contributed by atoms with Crippen LogP contribution in [0.5, 0.6) is 0 Å². The van der Waals surface area contributed by atoms with Crippen LogP contribution >= 0.6 is 11.6 Å². The zero-order chi connectivity index (χ0) is 26.1. The van der Waals surface area contributed by atoms with Gasteiger partial charge in [-0.25, -0.2) is 9.78 Å². The number of methoxy groups -OCH3 is 1. The van der Waals surface area contributed by atoms with Crippen molar-refractivity contribution in [3.63, 3.8) is 0 Å². The molecule has 0 spiro atoms. The number of halogens is 1. The molecule has 3 rings (SSSR count). The average Bonchev–Trinajstić information content (AvgIpc) is 2.86. The van der Waals surface area contributed by atoms with Crippen molar-refractivity contribution >= 4 is 46.1 Å². The van der Waals surface area contributed by atoms with E-state index in [-0.39, 0.29) is 22.5 Å². The molecular weight excluding hydrogens is 490 g/mol. The van der Waals surface area contributed by atoms with Gasteiger partial charge in [0.1, 0.15) is 11.2 Å². The van der Waals surface area contributed by atoms with E-state index in [0.29, 0.717) is 55.9 Å². The maximum absolute atomic E-state index is 12.9. The van der Waals surface area contributed by atoms with Gasteiger partial charge in [-0.3, -0.25) is 9.59 Å². The Hall–Kier alpha value is -3.54. The van der Waals surface area contributed by atoms with E-state index in [1.165, 1.54) is 37.6 Å². The molecule has 0 saturated carbocycles. The van der Waals surface area contributed by atoms with Gasteiger partial charge in [0.25, 0.3) is 11.5 Å². The van der Waals surface area contributed by atoms with Crippen LogP contribution in [0, 0.1) is 0 Å². The minimum Gasteiger partial charge on any atom is -0.465 e. The molecule has 36 heavy (non-hydrogen) atoms. The number of ether oxygens (including phenoxy) is 3. The van der Waals surface area contributed by atoms with Crippen molar-refractivity contribution in [1.29, 1.82) is 0 Å². The van der Waals surface area contributed by atoms with Crippen LogP contribution in [0.2, 0.25) is 5.02 Å². The molecule has 0 aliphatic carbocycles. The largest absolute Gasteiger partial charge is 0.465 e. The summed E-state index contributed by atoms with van der Waals surface area (Å²) in [4.78, 5) is 51.1. The highest BCUT2D eigenvalue weighted by Crippen LogP contribution is 2.23. The van der Waals surface area contributed by atoms with Crippen molar-refractivity contribution in [3.8, 4) is 0 Å². The number of rotatable bonds is 12. The Morgan fingerprint density at radius 2 is 1.78 bits per heavy atom. The van der Waals surface area contributed by atoms with Crippen molar-refractivity contribution in [2.75, 3.05) is 56.8 Å². The zero-order valence-electron chi connectivity index (χ0n) is 20.3. The lowest BCUT2D eigenvalue weighted by Gasteiger charge is -2.22. The van der Waals surface area contributed by atoms with Gasteiger partial charge in [0.05, 0.1) is 31.6 Å². The van der Waals surface area contributed by atoms with Crippen molar-refractivity contribution in [2.45, 2.75) is 13.8 Å². The Labute approximate surface area is 212 Å². The van der Waals surface area contributed by atoms with E-state index in [1.54, 1.807) is 0 Å². The first-order chi connectivity index (χ1) is 17.4.